The largest absolute Gasteiger partial charge is 0.507 e. The van der Waals surface area contributed by atoms with Gasteiger partial charge in [0.1, 0.15) is 17.1 Å². The van der Waals surface area contributed by atoms with Crippen LogP contribution in [0.1, 0.15) is 41.4 Å². The van der Waals surface area contributed by atoms with Crippen molar-refractivity contribution in [3.8, 4) is 23.0 Å². The Balaban J connectivity index is 0.000000363. The molecule has 0 saturated carbocycles. The third-order valence-electron chi connectivity index (χ3n) is 6.41. The number of hydrogen-bond acceptors (Lipinski definition) is 11. The zero-order valence-corrected chi connectivity index (χ0v) is 32.4. The number of amides is 3. The van der Waals surface area contributed by atoms with Crippen LogP contribution < -0.4 is 5.73 Å². The van der Waals surface area contributed by atoms with Crippen LogP contribution in [-0.2, 0) is 0 Å². The lowest BCUT2D eigenvalue weighted by molar-refractivity contribution is -0.385. The molecule has 7 N–H and O–H groups in total. The van der Waals surface area contributed by atoms with Gasteiger partial charge in [0.15, 0.2) is 5.75 Å². The van der Waals surface area contributed by atoms with Gasteiger partial charge in [0.2, 0.25) is 5.75 Å². The summed E-state index contributed by atoms with van der Waals surface area (Å²) in [6.07, 6.45) is 0. The number of nitrogens with two attached hydrogens (primary N) is 1. The van der Waals surface area contributed by atoms with Gasteiger partial charge in [-0.05, 0) is 54.6 Å². The number of anilines is 1. The Morgan fingerprint density at radius 3 is 1.31 bits per heavy atom. The number of carbonyl (C=O) groups is 4. The van der Waals surface area contributed by atoms with Crippen LogP contribution in [0.15, 0.2) is 60.7 Å². The number of nitro benzene ring substituents is 1. The van der Waals surface area contributed by atoms with Crippen LogP contribution in [0.4, 0.5) is 11.4 Å². The Labute approximate surface area is 328 Å². The number of halogens is 4. The molecule has 0 saturated heterocycles. The van der Waals surface area contributed by atoms with E-state index in [1.165, 1.54) is 83.4 Å². The Bertz CT molecular complexity index is 2040. The Kier molecular flexibility index (Phi) is 17.6. The van der Waals surface area contributed by atoms with E-state index in [-0.39, 0.29) is 62.0 Å². The Morgan fingerprint density at radius 1 is 0.574 bits per heavy atom. The summed E-state index contributed by atoms with van der Waals surface area (Å²) in [5, 5.41) is 57.5. The number of phenolic OH excluding ortho intramolecular Hbond substituents is 3. The van der Waals surface area contributed by atoms with E-state index in [2.05, 4.69) is 0 Å². The molecule has 0 atom stereocenters. The van der Waals surface area contributed by atoms with E-state index >= 15 is 0 Å². The van der Waals surface area contributed by atoms with Crippen LogP contribution in [0, 0.1) is 10.1 Å². The standard InChI is InChI=1S/C9H9ClN2O4.C9H11ClN2O2.C9H10ClNO2.C7H5ClO3/c1-11(2)9(14)6-3-5(10)4-7(8(6)13)12(15)16;1-12(2)9(14)6-3-5(10)4-7(11)8(6)13;1-11(2)9(13)7-5-6(10)3-4-8(7)12;8-4-1-2-6(9)5(3-4)7(10)11/h3-4,13H,1-2H3;3-4,13H,11H2,1-2H3;3-5,12H,1-2H3;1-3,9H,(H,10,11). The molecule has 4 aromatic rings. The van der Waals surface area contributed by atoms with Crippen LogP contribution >= 0.6 is 46.4 Å². The van der Waals surface area contributed by atoms with Crippen molar-refractivity contribution in [2.75, 3.05) is 48.0 Å². The second-order valence-electron chi connectivity index (χ2n) is 11.2. The van der Waals surface area contributed by atoms with Crippen molar-refractivity contribution in [3.63, 3.8) is 0 Å². The quantitative estimate of drug-likeness (QED) is 0.0548. The molecular formula is C34H35Cl4N5O11. The summed E-state index contributed by atoms with van der Waals surface area (Å²) >= 11 is 22.5. The summed E-state index contributed by atoms with van der Waals surface area (Å²) in [5.74, 6) is -3.57. The summed E-state index contributed by atoms with van der Waals surface area (Å²) < 4.78 is 0. The minimum Gasteiger partial charge on any atom is -0.507 e. The number of nitrogen functional groups attached to an aromatic ring is 1. The second kappa shape index (κ2) is 20.5. The molecule has 20 heteroatoms. The van der Waals surface area contributed by atoms with Crippen LogP contribution in [-0.4, -0.2) is 111 Å². The molecule has 0 aliphatic heterocycles. The molecule has 0 radical (unpaired) electrons. The Morgan fingerprint density at radius 2 is 0.926 bits per heavy atom. The number of benzene rings is 4. The first-order chi connectivity index (χ1) is 24.9. The van der Waals surface area contributed by atoms with E-state index in [0.29, 0.717) is 15.1 Å². The van der Waals surface area contributed by atoms with Crippen LogP contribution in [0.5, 0.6) is 23.0 Å². The molecule has 0 fully saturated rings. The summed E-state index contributed by atoms with van der Waals surface area (Å²) in [6.45, 7) is 0. The third kappa shape index (κ3) is 13.4. The average Bonchev–Trinajstić information content (AvgIpc) is 3.08. The fraction of sp³-hybridized carbons (Fsp3) is 0.176. The topological polar surface area (TPSA) is 248 Å². The van der Waals surface area contributed by atoms with Gasteiger partial charge in [-0.2, -0.15) is 0 Å². The van der Waals surface area contributed by atoms with Gasteiger partial charge in [0.05, 0.1) is 27.3 Å². The molecule has 3 amide bonds. The summed E-state index contributed by atoms with van der Waals surface area (Å²) in [5.41, 5.74) is 4.93. The molecule has 0 unspecified atom stereocenters. The van der Waals surface area contributed by atoms with Gasteiger partial charge in [-0.3, -0.25) is 24.5 Å². The van der Waals surface area contributed by atoms with E-state index in [1.54, 1.807) is 28.2 Å². The second-order valence-corrected chi connectivity index (χ2v) is 12.9. The highest BCUT2D eigenvalue weighted by atomic mass is 35.5. The average molecular weight is 831 g/mol. The predicted molar refractivity (Wildman–Crippen MR) is 205 cm³/mol. The van der Waals surface area contributed by atoms with Gasteiger partial charge in [-0.1, -0.05) is 46.4 Å². The fourth-order valence-corrected chi connectivity index (χ4v) is 4.54. The number of nitro groups is 1. The highest BCUT2D eigenvalue weighted by Crippen LogP contribution is 2.34. The summed E-state index contributed by atoms with van der Waals surface area (Å²) in [4.78, 5) is 58.6. The van der Waals surface area contributed by atoms with Crippen molar-refractivity contribution in [1.29, 1.82) is 0 Å². The number of aromatic hydroxyl groups is 4. The van der Waals surface area contributed by atoms with Crippen LogP contribution in [0.2, 0.25) is 20.1 Å². The maximum atomic E-state index is 11.6. The number of carboxylic acids is 1. The maximum absolute atomic E-state index is 11.6. The first-order valence-electron chi connectivity index (χ1n) is 14.7. The molecule has 290 valence electrons. The normalized spacial score (nSPS) is 9.81. The molecule has 4 aromatic carbocycles. The smallest absolute Gasteiger partial charge is 0.339 e. The highest BCUT2D eigenvalue weighted by molar-refractivity contribution is 6.32. The predicted octanol–water partition coefficient (Wildman–Crippen LogP) is 6.48. The lowest BCUT2D eigenvalue weighted by Crippen LogP contribution is -2.21. The zero-order chi connectivity index (χ0) is 41.8. The molecule has 0 aliphatic carbocycles. The van der Waals surface area contributed by atoms with Crippen molar-refractivity contribution < 1.29 is 49.6 Å². The number of phenols is 4. The van der Waals surface area contributed by atoms with Gasteiger partial charge in [0, 0.05) is 68.4 Å². The molecule has 0 aliphatic rings. The van der Waals surface area contributed by atoms with Crippen LogP contribution in [0.3, 0.4) is 0 Å². The molecule has 0 bridgehead atoms. The van der Waals surface area contributed by atoms with Gasteiger partial charge in [-0.15, -0.1) is 0 Å². The SMILES string of the molecule is CN(C)C(=O)c1cc(Cl)cc(N)c1O.CN(C)C(=O)c1cc(Cl)cc([N+](=O)[O-])c1O.CN(C)C(=O)c1cc(Cl)ccc1O.O=C(O)c1cc(Cl)ccc1O. The maximum Gasteiger partial charge on any atom is 0.339 e. The van der Waals surface area contributed by atoms with E-state index in [0.717, 1.165) is 6.07 Å². The molecular weight excluding hydrogens is 796 g/mol. The molecule has 0 aromatic heterocycles. The lowest BCUT2D eigenvalue weighted by atomic mass is 10.1. The van der Waals surface area contributed by atoms with Crippen molar-refractivity contribution in [2.45, 2.75) is 0 Å². The fourth-order valence-electron chi connectivity index (χ4n) is 3.75. The number of carboxylic acid groups (broad SMARTS) is 1. The van der Waals surface area contributed by atoms with Gasteiger partial charge >= 0.3 is 11.7 Å². The third-order valence-corrected chi connectivity index (χ3v) is 7.32. The Hall–Kier alpha value is -5.68. The van der Waals surface area contributed by atoms with Gasteiger partial charge < -0.3 is 46.0 Å². The van der Waals surface area contributed by atoms with Crippen molar-refractivity contribution in [3.05, 3.63) is 113 Å². The minimum atomic E-state index is -1.19. The number of carbonyl (C=O) groups excluding carboxylic acids is 3. The van der Waals surface area contributed by atoms with Gasteiger partial charge in [0.25, 0.3) is 17.7 Å². The molecule has 16 nitrogen and oxygen atoms in total. The van der Waals surface area contributed by atoms with E-state index in [1.807, 2.05) is 0 Å². The first-order valence-corrected chi connectivity index (χ1v) is 16.2. The number of rotatable bonds is 5. The molecule has 54 heavy (non-hydrogen) atoms. The number of hydrogen-bond donors (Lipinski definition) is 6. The van der Waals surface area contributed by atoms with Crippen molar-refractivity contribution in [2.24, 2.45) is 0 Å². The summed E-state index contributed by atoms with van der Waals surface area (Å²) in [7, 11) is 9.33. The molecule has 4 rings (SSSR count). The monoisotopic (exact) mass is 829 g/mol. The van der Waals surface area contributed by atoms with E-state index < -0.39 is 28.2 Å². The van der Waals surface area contributed by atoms with Crippen molar-refractivity contribution in [1.82, 2.24) is 14.7 Å². The lowest BCUT2D eigenvalue weighted by Gasteiger charge is -2.12. The van der Waals surface area contributed by atoms with Crippen molar-refractivity contribution >= 4 is 81.5 Å². The number of nitrogens with zero attached hydrogens (tertiary/aromatic N) is 4. The first kappa shape index (κ1) is 46.3. The van der Waals surface area contributed by atoms with E-state index in [9.17, 15) is 44.6 Å². The van der Waals surface area contributed by atoms with Crippen LogP contribution in [0.25, 0.3) is 0 Å². The molecule has 0 heterocycles. The minimum absolute atomic E-state index is 0.0229. The zero-order valence-electron chi connectivity index (χ0n) is 29.3. The van der Waals surface area contributed by atoms with Gasteiger partial charge in [-0.25, -0.2) is 4.79 Å². The highest BCUT2D eigenvalue weighted by Gasteiger charge is 2.24. The van der Waals surface area contributed by atoms with E-state index in [4.69, 9.17) is 62.4 Å². The number of aromatic carboxylic acids is 1. The molecule has 0 spiro atoms. The summed E-state index contributed by atoms with van der Waals surface area (Å²) in [6, 6.07) is 13.2.